The van der Waals surface area contributed by atoms with Crippen LogP contribution in [0.1, 0.15) is 64.9 Å². The number of hydrogen-bond donors (Lipinski definition) is 0. The molecule has 2 aromatic carbocycles. The first-order chi connectivity index (χ1) is 15.1. The minimum Gasteiger partial charge on any atom is -0.436 e. The van der Waals surface area contributed by atoms with Crippen molar-refractivity contribution in [3.05, 3.63) is 65.4 Å². The van der Waals surface area contributed by atoms with Gasteiger partial charge in [0.2, 0.25) is 5.89 Å². The Kier molecular flexibility index (Phi) is 6.60. The van der Waals surface area contributed by atoms with Crippen LogP contribution in [0.15, 0.2) is 64.2 Å². The Morgan fingerprint density at radius 3 is 2.45 bits per heavy atom. The average molecular weight is 415 g/mol. The Morgan fingerprint density at radius 1 is 1.03 bits per heavy atom. The fourth-order valence-electron chi connectivity index (χ4n) is 4.13. The third-order valence-electron chi connectivity index (χ3n) is 6.11. The van der Waals surface area contributed by atoms with E-state index in [1.165, 1.54) is 60.6 Å². The highest BCUT2D eigenvalue weighted by atomic mass is 16.3. The number of para-hydroxylation sites is 2. The van der Waals surface area contributed by atoms with E-state index in [-0.39, 0.29) is 0 Å². The van der Waals surface area contributed by atoms with Gasteiger partial charge in [-0.05, 0) is 56.0 Å². The Labute approximate surface area is 185 Å². The summed E-state index contributed by atoms with van der Waals surface area (Å²) >= 11 is 0. The molecule has 0 N–H and O–H groups in total. The number of fused-ring (bicyclic) bond motifs is 2. The van der Waals surface area contributed by atoms with Gasteiger partial charge < -0.3 is 8.98 Å². The van der Waals surface area contributed by atoms with Crippen molar-refractivity contribution in [3.8, 4) is 11.5 Å². The van der Waals surface area contributed by atoms with Crippen LogP contribution < -0.4 is 0 Å². The van der Waals surface area contributed by atoms with Gasteiger partial charge in [-0.3, -0.25) is 0 Å². The van der Waals surface area contributed by atoms with Crippen LogP contribution in [0.2, 0.25) is 0 Å². The maximum absolute atomic E-state index is 6.01. The third-order valence-corrected chi connectivity index (χ3v) is 6.11. The number of allylic oxidation sites excluding steroid dienone is 2. The lowest BCUT2D eigenvalue weighted by Crippen LogP contribution is -1.88. The van der Waals surface area contributed by atoms with E-state index in [1.54, 1.807) is 5.57 Å². The molecule has 0 amide bonds. The molecular weight excluding hydrogens is 380 g/mol. The number of rotatable bonds is 6. The van der Waals surface area contributed by atoms with Crippen LogP contribution in [0.5, 0.6) is 0 Å². The number of aromatic nitrogens is 2. The molecule has 4 aromatic rings. The summed E-state index contributed by atoms with van der Waals surface area (Å²) in [5, 5.41) is 1.21. The molecule has 5 rings (SSSR count). The molecule has 3 nitrogen and oxygen atoms in total. The zero-order valence-corrected chi connectivity index (χ0v) is 19.4. The molecule has 0 atom stereocenters. The van der Waals surface area contributed by atoms with Gasteiger partial charge in [-0.25, -0.2) is 4.98 Å². The van der Waals surface area contributed by atoms with Gasteiger partial charge in [0.1, 0.15) is 5.52 Å². The van der Waals surface area contributed by atoms with Gasteiger partial charge in [0.25, 0.3) is 0 Å². The molecule has 1 aliphatic carbocycles. The zero-order valence-electron chi connectivity index (χ0n) is 19.4. The van der Waals surface area contributed by atoms with Crippen LogP contribution in [0.3, 0.4) is 0 Å². The fourth-order valence-corrected chi connectivity index (χ4v) is 4.13. The molecule has 0 bridgehead atoms. The summed E-state index contributed by atoms with van der Waals surface area (Å²) in [5.41, 5.74) is 8.52. The molecule has 1 fully saturated rings. The normalized spacial score (nSPS) is 12.8. The predicted octanol–water partition coefficient (Wildman–Crippen LogP) is 8.23. The smallest absolute Gasteiger partial charge is 0.229 e. The van der Waals surface area contributed by atoms with E-state index in [2.05, 4.69) is 61.8 Å². The quantitative estimate of drug-likeness (QED) is 0.235. The zero-order chi connectivity index (χ0) is 21.8. The van der Waals surface area contributed by atoms with Gasteiger partial charge in [0.15, 0.2) is 5.58 Å². The van der Waals surface area contributed by atoms with Gasteiger partial charge >= 0.3 is 0 Å². The Morgan fingerprint density at radius 2 is 1.77 bits per heavy atom. The number of unbranched alkanes of at least 4 members (excludes halogenated alkanes) is 3. The first-order valence-electron chi connectivity index (χ1n) is 11.7. The van der Waals surface area contributed by atoms with Gasteiger partial charge in [0, 0.05) is 24.1 Å². The first kappa shape index (κ1) is 21.4. The van der Waals surface area contributed by atoms with E-state index < -0.39 is 0 Å². The van der Waals surface area contributed by atoms with Crippen LogP contribution in [0.25, 0.3) is 33.5 Å². The molecule has 2 heterocycles. The predicted molar refractivity (Wildman–Crippen MR) is 131 cm³/mol. The highest BCUT2D eigenvalue weighted by molar-refractivity contribution is 5.95. The van der Waals surface area contributed by atoms with Crippen molar-refractivity contribution in [2.45, 2.75) is 65.7 Å². The molecule has 2 aromatic heterocycles. The van der Waals surface area contributed by atoms with Crippen LogP contribution in [0.4, 0.5) is 0 Å². The largest absolute Gasteiger partial charge is 0.436 e. The fraction of sp³-hybridized carbons (Fsp3) is 0.393. The van der Waals surface area contributed by atoms with Crippen LogP contribution >= 0.6 is 0 Å². The number of oxazole rings is 1. The second kappa shape index (κ2) is 9.55. The molecule has 0 radical (unpaired) electrons. The minimum atomic E-state index is 0.696. The van der Waals surface area contributed by atoms with E-state index >= 15 is 0 Å². The van der Waals surface area contributed by atoms with Gasteiger partial charge in [-0.1, -0.05) is 68.9 Å². The minimum absolute atomic E-state index is 0.696. The van der Waals surface area contributed by atoms with E-state index in [0.717, 1.165) is 23.1 Å². The summed E-state index contributed by atoms with van der Waals surface area (Å²) in [5.74, 6) is 0.696. The van der Waals surface area contributed by atoms with E-state index in [9.17, 15) is 0 Å². The van der Waals surface area contributed by atoms with Crippen molar-refractivity contribution in [1.29, 1.82) is 0 Å². The molecule has 31 heavy (non-hydrogen) atoms. The molecule has 0 spiro atoms. The summed E-state index contributed by atoms with van der Waals surface area (Å²) < 4.78 is 8.16. The first-order valence-corrected chi connectivity index (χ1v) is 11.7. The highest BCUT2D eigenvalue weighted by Gasteiger charge is 2.17. The van der Waals surface area contributed by atoms with Gasteiger partial charge in [-0.15, -0.1) is 0 Å². The second-order valence-corrected chi connectivity index (χ2v) is 8.76. The van der Waals surface area contributed by atoms with Gasteiger partial charge in [-0.2, -0.15) is 0 Å². The lowest BCUT2D eigenvalue weighted by atomic mass is 10.0. The maximum atomic E-state index is 6.01. The lowest BCUT2D eigenvalue weighted by Gasteiger charge is -2.04. The monoisotopic (exact) mass is 414 g/mol. The lowest BCUT2D eigenvalue weighted by molar-refractivity contribution is 0.620. The molecule has 162 valence electrons. The Hall–Kier alpha value is -2.81. The number of benzene rings is 2. The summed E-state index contributed by atoms with van der Waals surface area (Å²) in [6, 6.07) is 14.7. The molecule has 0 unspecified atom stereocenters. The summed E-state index contributed by atoms with van der Waals surface area (Å²) in [7, 11) is 2.07. The molecule has 3 heteroatoms. The summed E-state index contributed by atoms with van der Waals surface area (Å²) in [4.78, 5) is 4.69. The molecule has 1 saturated carbocycles. The topological polar surface area (TPSA) is 31.0 Å². The van der Waals surface area contributed by atoms with Crippen LogP contribution in [0, 0.1) is 0 Å². The van der Waals surface area contributed by atoms with Crippen LogP contribution in [-0.4, -0.2) is 9.55 Å². The van der Waals surface area contributed by atoms with Crippen molar-refractivity contribution < 1.29 is 4.42 Å². The Bertz CT molecular complexity index is 1170. The van der Waals surface area contributed by atoms with Crippen molar-refractivity contribution in [2.24, 2.45) is 7.05 Å². The standard InChI is InChI=1S/C22H20N2O.C6H14/c1-14(16-8-9-16)11-15-7-10-20-17(12-15)18(13-24(20)2)22-23-19-5-3-4-6-21(19)25-22;1-3-5-6-4-2/h3-7,10,12-13H,8-9,11H2,1-2H3;3-6H2,1-2H3. The average Bonchev–Trinajstić information content (AvgIpc) is 3.47. The van der Waals surface area contributed by atoms with E-state index in [4.69, 9.17) is 4.42 Å². The van der Waals surface area contributed by atoms with Crippen molar-refractivity contribution in [1.82, 2.24) is 9.55 Å². The Balaban J connectivity index is 0.000000342. The van der Waals surface area contributed by atoms with Crippen molar-refractivity contribution in [2.75, 3.05) is 0 Å². The number of hydrogen-bond acceptors (Lipinski definition) is 2. The highest BCUT2D eigenvalue weighted by Crippen LogP contribution is 2.35. The number of nitrogens with zero attached hydrogens (tertiary/aromatic N) is 2. The van der Waals surface area contributed by atoms with E-state index in [0.29, 0.717) is 5.89 Å². The van der Waals surface area contributed by atoms with Gasteiger partial charge in [0.05, 0.1) is 5.56 Å². The van der Waals surface area contributed by atoms with Crippen LogP contribution in [-0.2, 0) is 13.5 Å². The molecular formula is C28H34N2O. The third kappa shape index (κ3) is 4.92. The number of aryl methyl sites for hydroxylation is 1. The van der Waals surface area contributed by atoms with Crippen molar-refractivity contribution in [3.63, 3.8) is 0 Å². The summed E-state index contributed by atoms with van der Waals surface area (Å²) in [6.07, 6.45) is 11.3. The molecule has 0 saturated heterocycles. The van der Waals surface area contributed by atoms with Crippen molar-refractivity contribution >= 4 is 22.0 Å². The van der Waals surface area contributed by atoms with E-state index in [1.807, 2.05) is 24.3 Å². The molecule has 1 aliphatic rings. The summed E-state index contributed by atoms with van der Waals surface area (Å²) in [6.45, 7) is 6.73. The second-order valence-electron chi connectivity index (χ2n) is 8.76. The SMILES string of the molecule is CC(Cc1ccc2c(c1)c(-c1nc3ccccc3o1)cn2C)=C1CC1.CCCCCC. The maximum Gasteiger partial charge on any atom is 0.229 e. The molecule has 0 aliphatic heterocycles.